The number of amides is 2. The van der Waals surface area contributed by atoms with Crippen LogP contribution >= 0.6 is 0 Å². The fraction of sp³-hybridized carbons (Fsp3) is 0.625. The van der Waals surface area contributed by atoms with E-state index in [2.05, 4.69) is 37.3 Å². The number of carbonyl (C=O) groups is 3. The number of carboxylic acids is 1. The van der Waals surface area contributed by atoms with Crippen LogP contribution in [0.3, 0.4) is 0 Å². The molecule has 1 aromatic rings. The minimum absolute atomic E-state index is 0.143. The zero-order valence-corrected chi connectivity index (χ0v) is 22.0. The molecule has 3 N–H and O–H groups in total. The standard InChI is InChI=1S/C24H35N5O6S/c1-5-29-13-11-24(12-14-29,22(32)33)28-21(31)20(17(2)3)27-19(30)10-8-6-7-9-18-15-25-23(26-16-18)36(4,34)35/h15-17,20H,5-6,8,10-14H2,1-4H3,(H,27,30)(H,28,31)(H,32,33)/t20-/m0/s1. The van der Waals surface area contributed by atoms with E-state index in [9.17, 15) is 27.9 Å². The first-order chi connectivity index (χ1) is 16.9. The predicted octanol–water partition coefficient (Wildman–Crippen LogP) is 0.598. The van der Waals surface area contributed by atoms with Crippen molar-refractivity contribution in [3.63, 3.8) is 0 Å². The lowest BCUT2D eigenvalue weighted by Crippen LogP contribution is -2.63. The van der Waals surface area contributed by atoms with Crippen LogP contribution in [0, 0.1) is 17.8 Å². The van der Waals surface area contributed by atoms with Gasteiger partial charge in [-0.1, -0.05) is 32.6 Å². The Bertz CT molecular complexity index is 1100. The van der Waals surface area contributed by atoms with Crippen LogP contribution in [-0.4, -0.2) is 83.6 Å². The van der Waals surface area contributed by atoms with Crippen LogP contribution in [-0.2, 0) is 24.2 Å². The maximum absolute atomic E-state index is 13.0. The van der Waals surface area contributed by atoms with Gasteiger partial charge in [0.2, 0.25) is 26.8 Å². The van der Waals surface area contributed by atoms with Gasteiger partial charge in [0.1, 0.15) is 11.6 Å². The van der Waals surface area contributed by atoms with E-state index in [1.54, 1.807) is 13.8 Å². The summed E-state index contributed by atoms with van der Waals surface area (Å²) in [6, 6.07) is -0.852. The fourth-order valence-corrected chi connectivity index (χ4v) is 4.30. The lowest BCUT2D eigenvalue weighted by atomic mass is 9.86. The SMILES string of the molecule is CCN1CCC(NC(=O)[C@@H](NC(=O)CCCC#Cc2cnc(S(C)(=O)=O)nc2)C(C)C)(C(=O)O)CC1. The third-order valence-corrected chi connectivity index (χ3v) is 6.97. The van der Waals surface area contributed by atoms with Gasteiger partial charge in [-0.15, -0.1) is 0 Å². The number of nitrogens with zero attached hydrogens (tertiary/aromatic N) is 3. The molecule has 0 spiro atoms. The maximum atomic E-state index is 13.0. The monoisotopic (exact) mass is 521 g/mol. The first-order valence-corrected chi connectivity index (χ1v) is 13.8. The van der Waals surface area contributed by atoms with Crippen molar-refractivity contribution in [2.24, 2.45) is 5.92 Å². The van der Waals surface area contributed by atoms with Crippen molar-refractivity contribution < 1.29 is 27.9 Å². The molecule has 1 atom stereocenters. The molecule has 0 aromatic carbocycles. The molecule has 11 nitrogen and oxygen atoms in total. The van der Waals surface area contributed by atoms with E-state index in [0.29, 0.717) is 44.3 Å². The van der Waals surface area contributed by atoms with Crippen LogP contribution < -0.4 is 10.6 Å². The highest BCUT2D eigenvalue weighted by atomic mass is 32.2. The van der Waals surface area contributed by atoms with Crippen molar-refractivity contribution in [1.82, 2.24) is 25.5 Å². The lowest BCUT2D eigenvalue weighted by molar-refractivity contribution is -0.150. The Kier molecular flexibility index (Phi) is 10.4. The third kappa shape index (κ3) is 8.27. The van der Waals surface area contributed by atoms with E-state index in [1.807, 2.05) is 6.92 Å². The molecule has 1 saturated heterocycles. The number of rotatable bonds is 10. The minimum atomic E-state index is -3.47. The normalized spacial score (nSPS) is 16.5. The van der Waals surface area contributed by atoms with E-state index in [4.69, 9.17) is 0 Å². The predicted molar refractivity (Wildman–Crippen MR) is 132 cm³/mol. The third-order valence-electron chi connectivity index (χ3n) is 6.09. The lowest BCUT2D eigenvalue weighted by Gasteiger charge is -2.40. The number of sulfone groups is 1. The first kappa shape index (κ1) is 29.2. The van der Waals surface area contributed by atoms with Crippen molar-refractivity contribution >= 4 is 27.6 Å². The summed E-state index contributed by atoms with van der Waals surface area (Å²) in [5.74, 6) is 3.59. The maximum Gasteiger partial charge on any atom is 0.329 e. The Morgan fingerprint density at radius 2 is 1.81 bits per heavy atom. The highest BCUT2D eigenvalue weighted by Gasteiger charge is 2.44. The van der Waals surface area contributed by atoms with Crippen LogP contribution in [0.5, 0.6) is 0 Å². The summed E-state index contributed by atoms with van der Waals surface area (Å²) in [6.07, 6.45) is 5.27. The van der Waals surface area contributed by atoms with Crippen LogP contribution in [0.25, 0.3) is 0 Å². The molecule has 0 bridgehead atoms. The zero-order valence-electron chi connectivity index (χ0n) is 21.2. The van der Waals surface area contributed by atoms with E-state index in [-0.39, 0.29) is 23.4 Å². The molecule has 0 saturated carbocycles. The smallest absolute Gasteiger partial charge is 0.329 e. The van der Waals surface area contributed by atoms with Crippen molar-refractivity contribution in [2.75, 3.05) is 25.9 Å². The topological polar surface area (TPSA) is 159 Å². The Morgan fingerprint density at radius 1 is 1.19 bits per heavy atom. The highest BCUT2D eigenvalue weighted by molar-refractivity contribution is 7.90. The van der Waals surface area contributed by atoms with Crippen LogP contribution in [0.1, 0.15) is 58.4 Å². The number of piperidine rings is 1. The number of aromatic nitrogens is 2. The molecule has 2 rings (SSSR count). The first-order valence-electron chi connectivity index (χ1n) is 12.0. The molecule has 0 radical (unpaired) electrons. The molecule has 2 amide bonds. The van der Waals surface area contributed by atoms with Gasteiger partial charge >= 0.3 is 5.97 Å². The molecule has 2 heterocycles. The number of hydrogen-bond acceptors (Lipinski definition) is 8. The number of likely N-dealkylation sites (tertiary alicyclic amines) is 1. The summed E-state index contributed by atoms with van der Waals surface area (Å²) in [6.45, 7) is 7.57. The zero-order chi connectivity index (χ0) is 26.9. The quantitative estimate of drug-likeness (QED) is 0.228. The van der Waals surface area contributed by atoms with Gasteiger partial charge in [-0.25, -0.2) is 23.2 Å². The number of carboxylic acid groups (broad SMARTS) is 1. The van der Waals surface area contributed by atoms with Crippen LogP contribution in [0.15, 0.2) is 17.6 Å². The Hall–Kier alpha value is -3.04. The minimum Gasteiger partial charge on any atom is -0.480 e. The number of aliphatic carboxylic acids is 1. The number of carbonyl (C=O) groups excluding carboxylic acids is 2. The van der Waals surface area contributed by atoms with Crippen molar-refractivity contribution in [2.45, 2.75) is 69.6 Å². The summed E-state index contributed by atoms with van der Waals surface area (Å²) in [7, 11) is -3.47. The average molecular weight is 522 g/mol. The molecule has 198 valence electrons. The second kappa shape index (κ2) is 12.8. The summed E-state index contributed by atoms with van der Waals surface area (Å²) in [5, 5.41) is 15.0. The van der Waals surface area contributed by atoms with Gasteiger partial charge in [0.25, 0.3) is 0 Å². The second-order valence-corrected chi connectivity index (χ2v) is 11.2. The van der Waals surface area contributed by atoms with Gasteiger partial charge in [0.15, 0.2) is 0 Å². The van der Waals surface area contributed by atoms with E-state index in [0.717, 1.165) is 12.8 Å². The van der Waals surface area contributed by atoms with Crippen molar-refractivity contribution in [1.29, 1.82) is 0 Å². The van der Waals surface area contributed by atoms with Crippen LogP contribution in [0.4, 0.5) is 0 Å². The van der Waals surface area contributed by atoms with Gasteiger partial charge in [0.05, 0.1) is 5.56 Å². The largest absolute Gasteiger partial charge is 0.480 e. The van der Waals surface area contributed by atoms with E-state index >= 15 is 0 Å². The molecule has 1 aromatic heterocycles. The van der Waals surface area contributed by atoms with Gasteiger partial charge < -0.3 is 20.6 Å². The highest BCUT2D eigenvalue weighted by Crippen LogP contribution is 2.23. The summed E-state index contributed by atoms with van der Waals surface area (Å²) in [4.78, 5) is 47.2. The molecule has 0 aliphatic carbocycles. The molecule has 0 unspecified atom stereocenters. The van der Waals surface area contributed by atoms with Gasteiger partial charge in [0, 0.05) is 44.6 Å². The summed E-state index contributed by atoms with van der Waals surface area (Å²) < 4.78 is 22.8. The summed E-state index contributed by atoms with van der Waals surface area (Å²) >= 11 is 0. The fourth-order valence-electron chi connectivity index (χ4n) is 3.81. The Balaban J connectivity index is 1.88. The van der Waals surface area contributed by atoms with Gasteiger partial charge in [-0.2, -0.15) is 0 Å². The van der Waals surface area contributed by atoms with E-state index < -0.39 is 33.3 Å². The van der Waals surface area contributed by atoms with E-state index in [1.165, 1.54) is 12.4 Å². The number of unbranched alkanes of at least 4 members (excludes halogenated alkanes) is 1. The van der Waals surface area contributed by atoms with Gasteiger partial charge in [-0.3, -0.25) is 9.59 Å². The van der Waals surface area contributed by atoms with Crippen LogP contribution in [0.2, 0.25) is 0 Å². The molecular weight excluding hydrogens is 486 g/mol. The Morgan fingerprint density at radius 3 is 2.31 bits per heavy atom. The average Bonchev–Trinajstić information content (AvgIpc) is 2.82. The van der Waals surface area contributed by atoms with Crippen molar-refractivity contribution in [3.8, 4) is 11.8 Å². The summed E-state index contributed by atoms with van der Waals surface area (Å²) in [5.41, 5.74) is -0.875. The number of nitrogens with one attached hydrogen (secondary N) is 2. The molecule has 1 fully saturated rings. The van der Waals surface area contributed by atoms with Crippen molar-refractivity contribution in [3.05, 3.63) is 18.0 Å². The molecule has 36 heavy (non-hydrogen) atoms. The molecule has 1 aliphatic rings. The van der Waals surface area contributed by atoms with Gasteiger partial charge in [-0.05, 0) is 31.7 Å². The Labute approximate surface area is 212 Å². The molecule has 1 aliphatic heterocycles. The molecule has 12 heteroatoms. The number of hydrogen-bond donors (Lipinski definition) is 3. The second-order valence-electron chi connectivity index (χ2n) is 9.28. The molecular formula is C24H35N5O6S.